The lowest BCUT2D eigenvalue weighted by Gasteiger charge is -2.25. The molecule has 0 saturated carbocycles. The van der Waals surface area contributed by atoms with E-state index in [0.29, 0.717) is 11.8 Å². The van der Waals surface area contributed by atoms with Crippen LogP contribution in [0.3, 0.4) is 0 Å². The van der Waals surface area contributed by atoms with Crippen LogP contribution in [-0.2, 0) is 14.3 Å². The predicted octanol–water partition coefficient (Wildman–Crippen LogP) is 2.63. The highest BCUT2D eigenvalue weighted by atomic mass is 32.2. The maximum Gasteiger partial charge on any atom is 0.408 e. The molecule has 0 radical (unpaired) electrons. The van der Waals surface area contributed by atoms with E-state index in [1.165, 1.54) is 11.8 Å². The van der Waals surface area contributed by atoms with E-state index in [1.807, 2.05) is 6.07 Å². The monoisotopic (exact) mass is 408 g/mol. The van der Waals surface area contributed by atoms with Crippen LogP contribution >= 0.6 is 11.8 Å². The maximum absolute atomic E-state index is 12.8. The van der Waals surface area contributed by atoms with Gasteiger partial charge < -0.3 is 25.0 Å². The molecule has 1 aromatic heterocycles. The zero-order chi connectivity index (χ0) is 20.3. The Labute approximate surface area is 169 Å². The number of alkyl carbamates (subject to hydrolysis) is 1. The summed E-state index contributed by atoms with van der Waals surface area (Å²) in [5, 5.41) is 6.14. The number of nitrogens with zero attached hydrogens (tertiary/aromatic N) is 2. The number of aromatic nitrogens is 1. The van der Waals surface area contributed by atoms with Crippen molar-refractivity contribution in [3.05, 3.63) is 12.3 Å². The molecule has 0 aromatic carbocycles. The van der Waals surface area contributed by atoms with Crippen LogP contribution in [0.5, 0.6) is 0 Å². The number of fused-ring (bicyclic) bond motifs is 1. The lowest BCUT2D eigenvalue weighted by Crippen LogP contribution is -2.49. The van der Waals surface area contributed by atoms with Crippen molar-refractivity contribution < 1.29 is 19.1 Å². The summed E-state index contributed by atoms with van der Waals surface area (Å²) in [7, 11) is 1.70. The molecule has 1 aromatic rings. The largest absolute Gasteiger partial charge is 0.444 e. The summed E-state index contributed by atoms with van der Waals surface area (Å²) in [6.07, 6.45) is 3.02. The zero-order valence-corrected chi connectivity index (χ0v) is 17.6. The Balaban J connectivity index is 1.69. The number of pyridine rings is 1. The van der Waals surface area contributed by atoms with E-state index in [9.17, 15) is 9.59 Å². The average molecular weight is 409 g/mol. The molecule has 28 heavy (non-hydrogen) atoms. The second-order valence-corrected chi connectivity index (χ2v) is 9.04. The average Bonchev–Trinajstić information content (AvgIpc) is 2.73. The normalized spacial score (nSPS) is 20.9. The van der Waals surface area contributed by atoms with Crippen molar-refractivity contribution in [3.8, 4) is 0 Å². The van der Waals surface area contributed by atoms with Gasteiger partial charge in [0.25, 0.3) is 0 Å². The molecule has 2 N–H and O–H groups in total. The van der Waals surface area contributed by atoms with Crippen LogP contribution < -0.4 is 15.5 Å². The Kier molecular flexibility index (Phi) is 6.34. The fraction of sp³-hybridized carbons (Fsp3) is 0.632. The van der Waals surface area contributed by atoms with E-state index in [0.717, 1.165) is 42.5 Å². The van der Waals surface area contributed by atoms with Gasteiger partial charge in [-0.3, -0.25) is 4.79 Å². The lowest BCUT2D eigenvalue weighted by atomic mass is 10.1. The summed E-state index contributed by atoms with van der Waals surface area (Å²) in [6.45, 7) is 6.88. The van der Waals surface area contributed by atoms with Gasteiger partial charge in [-0.05, 0) is 39.7 Å². The van der Waals surface area contributed by atoms with Crippen molar-refractivity contribution in [2.45, 2.75) is 56.2 Å². The van der Waals surface area contributed by atoms with Gasteiger partial charge in [-0.15, -0.1) is 11.8 Å². The molecule has 3 heterocycles. The molecule has 0 spiro atoms. The summed E-state index contributed by atoms with van der Waals surface area (Å²) in [4.78, 5) is 31.9. The predicted molar refractivity (Wildman–Crippen MR) is 109 cm³/mol. The van der Waals surface area contributed by atoms with Crippen molar-refractivity contribution in [3.63, 3.8) is 0 Å². The minimum atomic E-state index is -0.663. The van der Waals surface area contributed by atoms with E-state index in [4.69, 9.17) is 9.47 Å². The van der Waals surface area contributed by atoms with Crippen molar-refractivity contribution in [1.82, 2.24) is 10.3 Å². The molecule has 3 rings (SSSR count). The van der Waals surface area contributed by atoms with Gasteiger partial charge in [-0.2, -0.15) is 0 Å². The second-order valence-electron chi connectivity index (χ2n) is 7.98. The second kappa shape index (κ2) is 8.57. The molecule has 2 amide bonds. The molecule has 2 aliphatic heterocycles. The summed E-state index contributed by atoms with van der Waals surface area (Å²) in [6, 6.07) is 1.65. The summed E-state index contributed by atoms with van der Waals surface area (Å²) in [5.74, 6) is 1.03. The topological polar surface area (TPSA) is 92.8 Å². The molecule has 1 fully saturated rings. The molecular weight excluding hydrogens is 380 g/mol. The number of carbonyl (C=O) groups excluding carboxylic acids is 2. The van der Waals surface area contributed by atoms with Gasteiger partial charge in [0.05, 0.1) is 11.9 Å². The molecule has 8 nitrogen and oxygen atoms in total. The third kappa shape index (κ3) is 5.29. The van der Waals surface area contributed by atoms with Crippen molar-refractivity contribution >= 4 is 35.3 Å². The van der Waals surface area contributed by atoms with Crippen LogP contribution in [-0.4, -0.2) is 60.7 Å². The third-order valence-electron chi connectivity index (χ3n) is 4.51. The molecule has 154 valence electrons. The molecule has 2 aliphatic rings. The van der Waals surface area contributed by atoms with Gasteiger partial charge in [0.1, 0.15) is 17.5 Å². The van der Waals surface area contributed by atoms with Gasteiger partial charge in [-0.1, -0.05) is 0 Å². The van der Waals surface area contributed by atoms with Crippen LogP contribution in [0, 0.1) is 0 Å². The number of hydrogen-bond acceptors (Lipinski definition) is 7. The molecule has 0 unspecified atom stereocenters. The van der Waals surface area contributed by atoms with Gasteiger partial charge in [0.15, 0.2) is 0 Å². The first-order valence-corrected chi connectivity index (χ1v) is 10.5. The highest BCUT2D eigenvalue weighted by Crippen LogP contribution is 2.35. The quantitative estimate of drug-likeness (QED) is 0.794. The highest BCUT2D eigenvalue weighted by Gasteiger charge is 2.31. The van der Waals surface area contributed by atoms with E-state index in [-0.39, 0.29) is 5.91 Å². The number of hydrogen-bond donors (Lipinski definition) is 2. The first kappa shape index (κ1) is 20.7. The van der Waals surface area contributed by atoms with Crippen LogP contribution in [0.1, 0.15) is 33.6 Å². The van der Waals surface area contributed by atoms with Crippen molar-refractivity contribution in [2.75, 3.05) is 36.2 Å². The fourth-order valence-electron chi connectivity index (χ4n) is 3.08. The van der Waals surface area contributed by atoms with Crippen LogP contribution in [0.15, 0.2) is 17.2 Å². The van der Waals surface area contributed by atoms with Crippen molar-refractivity contribution in [2.24, 2.45) is 0 Å². The Morgan fingerprint density at radius 1 is 1.36 bits per heavy atom. The van der Waals surface area contributed by atoms with E-state index >= 15 is 0 Å². The first-order valence-electron chi connectivity index (χ1n) is 9.47. The van der Waals surface area contributed by atoms with E-state index in [1.54, 1.807) is 38.9 Å². The first-order chi connectivity index (χ1) is 13.2. The molecular formula is C19H28N4O4S. The Morgan fingerprint density at radius 3 is 2.75 bits per heavy atom. The Bertz CT molecular complexity index is 731. The standard InChI is InChI=1S/C19H28N4O4S/c1-19(2,3)27-18(25)22-13-11-28-15-9-16(21-12-5-7-26-8-6-12)20-10-14(15)23(4)17(13)24/h9-10,12-13H,5-8,11H2,1-4H3,(H,20,21)(H,22,25)/t13-/m0/s1. The number of carbonyl (C=O) groups is 2. The lowest BCUT2D eigenvalue weighted by molar-refractivity contribution is -0.119. The molecule has 0 bridgehead atoms. The molecule has 1 saturated heterocycles. The van der Waals surface area contributed by atoms with Crippen LogP contribution in [0.2, 0.25) is 0 Å². The minimum absolute atomic E-state index is 0.191. The SMILES string of the molecule is CN1C(=O)[C@@H](NC(=O)OC(C)(C)C)CSc2cc(NC3CCOCC3)ncc21. The number of nitrogens with one attached hydrogen (secondary N) is 2. The van der Waals surface area contributed by atoms with Crippen LogP contribution in [0.4, 0.5) is 16.3 Å². The molecule has 0 aliphatic carbocycles. The van der Waals surface area contributed by atoms with Gasteiger partial charge >= 0.3 is 6.09 Å². The van der Waals surface area contributed by atoms with Gasteiger partial charge in [0, 0.05) is 37.0 Å². The summed E-state index contributed by atoms with van der Waals surface area (Å²) >= 11 is 1.52. The van der Waals surface area contributed by atoms with Crippen molar-refractivity contribution in [1.29, 1.82) is 0 Å². The van der Waals surface area contributed by atoms with Gasteiger partial charge in [0.2, 0.25) is 5.91 Å². The summed E-state index contributed by atoms with van der Waals surface area (Å²) < 4.78 is 10.7. The fourth-order valence-corrected chi connectivity index (χ4v) is 4.18. The maximum atomic E-state index is 12.8. The Hall–Kier alpha value is -2.00. The van der Waals surface area contributed by atoms with Gasteiger partial charge in [-0.25, -0.2) is 9.78 Å². The number of anilines is 2. The number of rotatable bonds is 3. The minimum Gasteiger partial charge on any atom is -0.444 e. The third-order valence-corrected chi connectivity index (χ3v) is 5.64. The highest BCUT2D eigenvalue weighted by molar-refractivity contribution is 7.99. The van der Waals surface area contributed by atoms with E-state index in [2.05, 4.69) is 15.6 Å². The number of likely N-dealkylation sites (N-methyl/N-ethyl adjacent to an activating group) is 1. The molecule has 9 heteroatoms. The zero-order valence-electron chi connectivity index (χ0n) is 16.8. The summed E-state index contributed by atoms with van der Waals surface area (Å²) in [5.41, 5.74) is 0.121. The Morgan fingerprint density at radius 2 is 2.07 bits per heavy atom. The number of thioether (sulfide) groups is 1. The number of amides is 2. The van der Waals surface area contributed by atoms with Crippen LogP contribution in [0.25, 0.3) is 0 Å². The smallest absolute Gasteiger partial charge is 0.408 e. The molecule has 1 atom stereocenters. The van der Waals surface area contributed by atoms with E-state index < -0.39 is 17.7 Å². The number of ether oxygens (including phenoxy) is 2.